The number of rotatable bonds is 6. The molecule has 0 aliphatic heterocycles. The molecule has 0 heterocycles. The largest absolute Gasteiger partial charge is 0.396 e. The molecule has 0 aliphatic rings. The van der Waals surface area contributed by atoms with Gasteiger partial charge in [-0.1, -0.05) is 28.1 Å². The molecule has 1 atom stereocenters. The molecule has 1 unspecified atom stereocenters. The van der Waals surface area contributed by atoms with Crippen molar-refractivity contribution in [3.05, 3.63) is 34.3 Å². The van der Waals surface area contributed by atoms with E-state index < -0.39 is 0 Å². The van der Waals surface area contributed by atoms with Crippen LogP contribution >= 0.6 is 15.9 Å². The molecule has 0 saturated carbocycles. The maximum atomic E-state index is 9.42. The van der Waals surface area contributed by atoms with Gasteiger partial charge in [0.15, 0.2) is 0 Å². The number of likely N-dealkylation sites (N-methyl/N-ethyl adjacent to an activating group) is 1. The Balaban J connectivity index is 2.73. The molecule has 0 spiro atoms. The van der Waals surface area contributed by atoms with Crippen molar-refractivity contribution < 1.29 is 10.2 Å². The minimum atomic E-state index is -0.0101. The molecule has 1 aromatic rings. The van der Waals surface area contributed by atoms with Crippen molar-refractivity contribution in [2.45, 2.75) is 12.5 Å². The van der Waals surface area contributed by atoms with Crippen molar-refractivity contribution in [1.82, 2.24) is 4.90 Å². The monoisotopic (exact) mass is 287 g/mol. The van der Waals surface area contributed by atoms with E-state index in [0.717, 1.165) is 23.0 Å². The normalized spacial score (nSPS) is 13.1. The second-order valence-electron chi connectivity index (χ2n) is 3.81. The summed E-state index contributed by atoms with van der Waals surface area (Å²) in [4.78, 5) is 2.05. The highest BCUT2D eigenvalue weighted by molar-refractivity contribution is 9.10. The minimum absolute atomic E-state index is 0.0101. The maximum absolute atomic E-state index is 9.42. The summed E-state index contributed by atoms with van der Waals surface area (Å²) < 4.78 is 1.01. The Kier molecular flexibility index (Phi) is 5.98. The first-order valence-electron chi connectivity index (χ1n) is 5.36. The third-order valence-corrected chi connectivity index (χ3v) is 3.10. The highest BCUT2D eigenvalue weighted by Gasteiger charge is 2.15. The standard InChI is InChI=1S/C12H18BrNO2/c1-14(6-3-7-15)12(9-16)10-4-2-5-11(13)8-10/h2,4-5,8,12,15-16H,3,6-7,9H2,1H3. The summed E-state index contributed by atoms with van der Waals surface area (Å²) in [6.07, 6.45) is 0.723. The molecule has 1 rings (SSSR count). The molecule has 16 heavy (non-hydrogen) atoms. The van der Waals surface area contributed by atoms with E-state index in [9.17, 15) is 5.11 Å². The van der Waals surface area contributed by atoms with E-state index in [1.165, 1.54) is 0 Å². The van der Waals surface area contributed by atoms with Gasteiger partial charge in [-0.25, -0.2) is 0 Å². The van der Waals surface area contributed by atoms with Crippen LogP contribution in [0.4, 0.5) is 0 Å². The lowest BCUT2D eigenvalue weighted by Gasteiger charge is -2.26. The molecule has 0 radical (unpaired) electrons. The van der Waals surface area contributed by atoms with Gasteiger partial charge in [0.05, 0.1) is 12.6 Å². The minimum Gasteiger partial charge on any atom is -0.396 e. The van der Waals surface area contributed by atoms with Crippen molar-refractivity contribution in [2.24, 2.45) is 0 Å². The first-order valence-corrected chi connectivity index (χ1v) is 6.15. The molecule has 3 nitrogen and oxygen atoms in total. The van der Waals surface area contributed by atoms with E-state index in [1.807, 2.05) is 31.3 Å². The number of hydrogen-bond donors (Lipinski definition) is 2. The van der Waals surface area contributed by atoms with Gasteiger partial charge >= 0.3 is 0 Å². The van der Waals surface area contributed by atoms with Crippen molar-refractivity contribution in [3.63, 3.8) is 0 Å². The third kappa shape index (κ3) is 3.87. The van der Waals surface area contributed by atoms with Gasteiger partial charge in [-0.05, 0) is 31.2 Å². The van der Waals surface area contributed by atoms with E-state index >= 15 is 0 Å². The number of hydrogen-bond acceptors (Lipinski definition) is 3. The zero-order chi connectivity index (χ0) is 12.0. The summed E-state index contributed by atoms with van der Waals surface area (Å²) in [7, 11) is 1.96. The Morgan fingerprint density at radius 2 is 2.12 bits per heavy atom. The van der Waals surface area contributed by atoms with Gasteiger partial charge in [-0.3, -0.25) is 4.90 Å². The van der Waals surface area contributed by atoms with E-state index in [1.54, 1.807) is 0 Å². The summed E-state index contributed by atoms with van der Waals surface area (Å²) in [5, 5.41) is 18.2. The van der Waals surface area contributed by atoms with Crippen molar-refractivity contribution in [2.75, 3.05) is 26.8 Å². The Morgan fingerprint density at radius 1 is 1.38 bits per heavy atom. The molecule has 0 aromatic heterocycles. The van der Waals surface area contributed by atoms with Crippen LogP contribution in [0, 0.1) is 0 Å². The van der Waals surface area contributed by atoms with E-state index in [0.29, 0.717) is 0 Å². The Labute approximate surface area is 105 Å². The predicted molar refractivity (Wildman–Crippen MR) is 68.3 cm³/mol. The lowest BCUT2D eigenvalue weighted by Crippen LogP contribution is -2.28. The quantitative estimate of drug-likeness (QED) is 0.839. The lowest BCUT2D eigenvalue weighted by atomic mass is 10.1. The van der Waals surface area contributed by atoms with Gasteiger partial charge in [-0.15, -0.1) is 0 Å². The van der Waals surface area contributed by atoms with Crippen LogP contribution in [0.15, 0.2) is 28.7 Å². The van der Waals surface area contributed by atoms with E-state index in [4.69, 9.17) is 5.11 Å². The van der Waals surface area contributed by atoms with E-state index in [2.05, 4.69) is 20.8 Å². The lowest BCUT2D eigenvalue weighted by molar-refractivity contribution is 0.138. The fourth-order valence-corrected chi connectivity index (χ4v) is 2.11. The Hall–Kier alpha value is -0.420. The predicted octanol–water partition coefficient (Wildman–Crippen LogP) is 1.80. The van der Waals surface area contributed by atoms with E-state index in [-0.39, 0.29) is 19.3 Å². The van der Waals surface area contributed by atoms with Gasteiger partial charge in [0, 0.05) is 17.6 Å². The number of nitrogens with zero attached hydrogens (tertiary/aromatic N) is 1. The average Bonchev–Trinajstić information content (AvgIpc) is 2.27. The van der Waals surface area contributed by atoms with Crippen LogP contribution in [0.25, 0.3) is 0 Å². The van der Waals surface area contributed by atoms with Crippen molar-refractivity contribution in [3.8, 4) is 0 Å². The van der Waals surface area contributed by atoms with Crippen LogP contribution in [0.5, 0.6) is 0 Å². The Bertz CT molecular complexity index is 320. The Morgan fingerprint density at radius 3 is 2.69 bits per heavy atom. The van der Waals surface area contributed by atoms with Crippen LogP contribution in [0.2, 0.25) is 0 Å². The summed E-state index contributed by atoms with van der Waals surface area (Å²) in [6, 6.07) is 7.93. The average molecular weight is 288 g/mol. The molecule has 1 aromatic carbocycles. The van der Waals surface area contributed by atoms with Crippen LogP contribution < -0.4 is 0 Å². The van der Waals surface area contributed by atoms with Gasteiger partial charge in [0.2, 0.25) is 0 Å². The second kappa shape index (κ2) is 7.01. The van der Waals surface area contributed by atoms with Gasteiger partial charge in [-0.2, -0.15) is 0 Å². The molecule has 0 aliphatic carbocycles. The molecule has 0 saturated heterocycles. The summed E-state index contributed by atoms with van der Waals surface area (Å²) in [5.74, 6) is 0. The number of aliphatic hydroxyl groups is 2. The van der Waals surface area contributed by atoms with Crippen LogP contribution in [0.1, 0.15) is 18.0 Å². The highest BCUT2D eigenvalue weighted by atomic mass is 79.9. The molecular weight excluding hydrogens is 270 g/mol. The number of halogens is 1. The fourth-order valence-electron chi connectivity index (χ4n) is 1.69. The second-order valence-corrected chi connectivity index (χ2v) is 4.73. The van der Waals surface area contributed by atoms with Crippen LogP contribution in [-0.2, 0) is 0 Å². The van der Waals surface area contributed by atoms with Gasteiger partial charge in [0.25, 0.3) is 0 Å². The SMILES string of the molecule is CN(CCCO)C(CO)c1cccc(Br)c1. The first kappa shape index (κ1) is 13.6. The zero-order valence-electron chi connectivity index (χ0n) is 9.43. The fraction of sp³-hybridized carbons (Fsp3) is 0.500. The van der Waals surface area contributed by atoms with Gasteiger partial charge < -0.3 is 10.2 Å². The molecule has 0 amide bonds. The third-order valence-electron chi connectivity index (χ3n) is 2.61. The summed E-state index contributed by atoms with van der Waals surface area (Å²) in [5.41, 5.74) is 1.08. The van der Waals surface area contributed by atoms with Crippen molar-refractivity contribution >= 4 is 15.9 Å². The van der Waals surface area contributed by atoms with Crippen molar-refractivity contribution in [1.29, 1.82) is 0 Å². The molecular formula is C12H18BrNO2. The molecule has 90 valence electrons. The smallest absolute Gasteiger partial charge is 0.0628 e. The molecule has 2 N–H and O–H groups in total. The summed E-state index contributed by atoms with van der Waals surface area (Å²) in [6.45, 7) is 1.04. The van der Waals surface area contributed by atoms with Crippen LogP contribution in [0.3, 0.4) is 0 Å². The number of aliphatic hydroxyl groups excluding tert-OH is 2. The first-order chi connectivity index (χ1) is 7.69. The van der Waals surface area contributed by atoms with Crippen LogP contribution in [-0.4, -0.2) is 41.9 Å². The highest BCUT2D eigenvalue weighted by Crippen LogP contribution is 2.22. The summed E-state index contributed by atoms with van der Waals surface area (Å²) >= 11 is 3.42. The molecule has 0 fully saturated rings. The maximum Gasteiger partial charge on any atom is 0.0628 e. The number of benzene rings is 1. The zero-order valence-corrected chi connectivity index (χ0v) is 11.0. The van der Waals surface area contributed by atoms with Gasteiger partial charge in [0.1, 0.15) is 0 Å². The molecule has 0 bridgehead atoms. The topological polar surface area (TPSA) is 43.7 Å². The molecule has 4 heteroatoms.